The summed E-state index contributed by atoms with van der Waals surface area (Å²) < 4.78 is 124. The number of aromatic nitrogens is 1. The number of pyridine rings is 1. The van der Waals surface area contributed by atoms with Gasteiger partial charge in [-0.15, -0.1) is 0 Å². The molecule has 1 spiro atoms. The third kappa shape index (κ3) is 9.07. The van der Waals surface area contributed by atoms with Crippen LogP contribution in [0.1, 0.15) is 103 Å². The highest BCUT2D eigenvalue weighted by Crippen LogP contribution is 2.49. The second-order valence-corrected chi connectivity index (χ2v) is 20.4. The SMILES string of the molecule is Cc1nc2ccc(OCC(F)(F)F)cc2c2c1O[C@]1(CC2)C[C@H]2C(=O)N[C@]3(C(=O)NS(=O)(=O)C4(C)CC4)C[C@H]3/C=C\CCCCC[C@H](CC(=O)OC(C)(C)C(F)(F)F)C(=O)N2C1. The van der Waals surface area contributed by atoms with Crippen LogP contribution < -0.4 is 19.5 Å². The van der Waals surface area contributed by atoms with E-state index in [1.165, 1.54) is 30.0 Å². The Morgan fingerprint density at radius 1 is 1.05 bits per heavy atom. The minimum Gasteiger partial charge on any atom is -0.484 e. The van der Waals surface area contributed by atoms with Gasteiger partial charge in [0.05, 0.1) is 28.9 Å². The highest BCUT2D eigenvalue weighted by molar-refractivity contribution is 7.91. The van der Waals surface area contributed by atoms with Crippen molar-refractivity contribution in [2.24, 2.45) is 11.8 Å². The lowest BCUT2D eigenvalue weighted by Crippen LogP contribution is -2.57. The number of hydrogen-bond donors (Lipinski definition) is 2. The van der Waals surface area contributed by atoms with Gasteiger partial charge in [-0.25, -0.2) is 13.4 Å². The fourth-order valence-corrected chi connectivity index (χ4v) is 9.96. The summed E-state index contributed by atoms with van der Waals surface area (Å²) in [4.78, 5) is 62.4. The molecule has 1 aromatic heterocycles. The molecule has 1 aromatic carbocycles. The summed E-state index contributed by atoms with van der Waals surface area (Å²) in [6.45, 7) is 2.83. The number of esters is 1. The maximum Gasteiger partial charge on any atom is 0.427 e. The van der Waals surface area contributed by atoms with Crippen molar-refractivity contribution in [1.82, 2.24) is 19.9 Å². The molecule has 3 amide bonds. The molecule has 20 heteroatoms. The molecule has 1 saturated heterocycles. The van der Waals surface area contributed by atoms with Gasteiger partial charge in [-0.3, -0.25) is 23.9 Å². The van der Waals surface area contributed by atoms with Crippen LogP contribution >= 0.6 is 0 Å². The summed E-state index contributed by atoms with van der Waals surface area (Å²) in [5.41, 5.74) is -4.34. The van der Waals surface area contributed by atoms with E-state index in [4.69, 9.17) is 14.2 Å². The van der Waals surface area contributed by atoms with Gasteiger partial charge in [0.2, 0.25) is 27.4 Å². The Labute approximate surface area is 354 Å². The van der Waals surface area contributed by atoms with Crippen LogP contribution in [-0.4, -0.2) is 95.0 Å². The molecule has 0 radical (unpaired) electrons. The first-order valence-corrected chi connectivity index (χ1v) is 22.2. The number of aryl methyl sites for hydroxylation is 2. The van der Waals surface area contributed by atoms with E-state index in [9.17, 15) is 53.9 Å². The van der Waals surface area contributed by atoms with Gasteiger partial charge in [0.15, 0.2) is 6.61 Å². The number of hydrogen-bond acceptors (Lipinski definition) is 10. The normalized spacial score (nSPS) is 28.3. The molecule has 3 aliphatic heterocycles. The number of fused-ring (bicyclic) bond motifs is 5. The van der Waals surface area contributed by atoms with Crippen LogP contribution in [0.15, 0.2) is 30.4 Å². The van der Waals surface area contributed by atoms with Crippen LogP contribution in [0, 0.1) is 18.8 Å². The summed E-state index contributed by atoms with van der Waals surface area (Å²) in [6.07, 6.45) is -3.36. The molecule has 2 saturated carbocycles. The molecule has 3 fully saturated rings. The Morgan fingerprint density at radius 3 is 2.45 bits per heavy atom. The quantitative estimate of drug-likeness (QED) is 0.171. The van der Waals surface area contributed by atoms with Crippen LogP contribution in [0.4, 0.5) is 26.3 Å². The first kappa shape index (κ1) is 45.4. The zero-order valence-electron chi connectivity index (χ0n) is 34.8. The van der Waals surface area contributed by atoms with Gasteiger partial charge in [0, 0.05) is 29.2 Å². The van der Waals surface area contributed by atoms with E-state index < -0.39 is 98.5 Å². The molecule has 2 aromatic rings. The van der Waals surface area contributed by atoms with Gasteiger partial charge in [-0.2, -0.15) is 26.3 Å². The Bertz CT molecular complexity index is 2300. The van der Waals surface area contributed by atoms with Crippen molar-refractivity contribution in [2.45, 2.75) is 145 Å². The van der Waals surface area contributed by atoms with E-state index in [1.807, 2.05) is 6.08 Å². The average Bonchev–Trinajstić information content (AvgIpc) is 4.06. The number of allylic oxidation sites excluding steroid dienone is 1. The van der Waals surface area contributed by atoms with E-state index in [1.54, 1.807) is 13.0 Å². The summed E-state index contributed by atoms with van der Waals surface area (Å²) in [5.74, 6) is -5.28. The van der Waals surface area contributed by atoms with Crippen molar-refractivity contribution in [3.8, 4) is 11.5 Å². The van der Waals surface area contributed by atoms with E-state index in [0.29, 0.717) is 74.5 Å². The number of ether oxygens (including phenoxy) is 3. The van der Waals surface area contributed by atoms with E-state index in [2.05, 4.69) is 15.0 Å². The summed E-state index contributed by atoms with van der Waals surface area (Å²) >= 11 is 0. The van der Waals surface area contributed by atoms with Crippen molar-refractivity contribution in [3.05, 3.63) is 41.6 Å². The molecule has 5 atom stereocenters. The zero-order valence-corrected chi connectivity index (χ0v) is 35.6. The molecule has 7 rings (SSSR count). The summed E-state index contributed by atoms with van der Waals surface area (Å²) in [7, 11) is -4.12. The topological polar surface area (TPSA) is 170 Å². The maximum absolute atomic E-state index is 14.8. The average molecular weight is 901 g/mol. The van der Waals surface area contributed by atoms with E-state index in [-0.39, 0.29) is 50.1 Å². The van der Waals surface area contributed by atoms with Crippen molar-refractivity contribution >= 4 is 44.6 Å². The number of amides is 3. The number of sulfonamides is 1. The molecule has 0 bridgehead atoms. The first-order valence-electron chi connectivity index (χ1n) is 20.7. The minimum atomic E-state index is -4.91. The van der Waals surface area contributed by atoms with Gasteiger partial charge >= 0.3 is 18.3 Å². The number of benzene rings is 1. The van der Waals surface area contributed by atoms with Crippen molar-refractivity contribution in [1.29, 1.82) is 0 Å². The zero-order chi connectivity index (χ0) is 45.3. The van der Waals surface area contributed by atoms with Gasteiger partial charge < -0.3 is 24.4 Å². The predicted octanol–water partition coefficient (Wildman–Crippen LogP) is 6.43. The second kappa shape index (κ2) is 15.9. The fourth-order valence-electron chi connectivity index (χ4n) is 8.64. The fraction of sp³-hybridized carbons (Fsp3) is 0.643. The Kier molecular flexibility index (Phi) is 11.6. The van der Waals surface area contributed by atoms with Gasteiger partial charge in [0.1, 0.15) is 28.7 Å². The molecular formula is C42H50F6N4O9S. The van der Waals surface area contributed by atoms with Gasteiger partial charge in [-0.1, -0.05) is 25.0 Å². The molecule has 13 nitrogen and oxygen atoms in total. The Hall–Kier alpha value is -4.62. The Morgan fingerprint density at radius 2 is 1.77 bits per heavy atom. The monoisotopic (exact) mass is 900 g/mol. The lowest BCUT2D eigenvalue weighted by Gasteiger charge is -2.37. The number of nitrogens with zero attached hydrogens (tertiary/aromatic N) is 2. The molecule has 5 aliphatic rings. The van der Waals surface area contributed by atoms with Crippen molar-refractivity contribution < 1.29 is 68.1 Å². The summed E-state index contributed by atoms with van der Waals surface area (Å²) in [6, 6.07) is 2.97. The molecule has 62 heavy (non-hydrogen) atoms. The highest BCUT2D eigenvalue weighted by Gasteiger charge is 2.64. The number of halogens is 6. The molecule has 340 valence electrons. The maximum atomic E-state index is 14.8. The molecule has 2 aliphatic carbocycles. The smallest absolute Gasteiger partial charge is 0.427 e. The van der Waals surface area contributed by atoms with Gasteiger partial charge in [-0.05, 0) is 97.3 Å². The number of alkyl halides is 6. The molecule has 0 unspecified atom stereocenters. The molecule has 4 heterocycles. The lowest BCUT2D eigenvalue weighted by atomic mass is 9.87. The third-order valence-corrected chi connectivity index (χ3v) is 15.1. The lowest BCUT2D eigenvalue weighted by molar-refractivity contribution is -0.257. The minimum absolute atomic E-state index is 0.0505. The van der Waals surface area contributed by atoms with Crippen LogP contribution in [0.5, 0.6) is 11.5 Å². The Balaban J connectivity index is 1.23. The largest absolute Gasteiger partial charge is 0.484 e. The number of nitrogens with one attached hydrogen (secondary N) is 2. The predicted molar refractivity (Wildman–Crippen MR) is 210 cm³/mol. The van der Waals surface area contributed by atoms with Crippen LogP contribution in [0.3, 0.4) is 0 Å². The highest BCUT2D eigenvalue weighted by atomic mass is 32.2. The third-order valence-electron chi connectivity index (χ3n) is 12.9. The first-order chi connectivity index (χ1) is 28.8. The number of carbonyl (C=O) groups excluding carboxylic acids is 4. The van der Waals surface area contributed by atoms with Gasteiger partial charge in [0.25, 0.3) is 5.91 Å². The molecular weight excluding hydrogens is 851 g/mol. The van der Waals surface area contributed by atoms with Crippen LogP contribution in [0.25, 0.3) is 10.9 Å². The standard InChI is InChI=1S/C42H50F6N4O9S/c1-24-33-28(29-19-27(12-13-30(29)49-24)59-23-41(43,44)45)14-15-39(61-33)21-31-34(54)50-40(36(56)51-62(57,58)38(4)16-17-38)20-26(40)11-9-7-5-6-8-10-25(35(55)52(31)22-39)18-32(53)60-37(2,3)42(46,47)48/h9,11-13,19,25-26,31H,5-8,10,14-18,20-23H2,1-4H3,(H,50,54)(H,51,56)/b11-9-/t25-,26-,31+,39-,40-/m1/s1. The van der Waals surface area contributed by atoms with Crippen molar-refractivity contribution in [3.63, 3.8) is 0 Å². The summed E-state index contributed by atoms with van der Waals surface area (Å²) in [5, 5.41) is 3.26. The van der Waals surface area contributed by atoms with E-state index in [0.717, 1.165) is 0 Å². The van der Waals surface area contributed by atoms with E-state index >= 15 is 0 Å². The number of rotatable bonds is 8. The number of carbonyl (C=O) groups is 4. The van der Waals surface area contributed by atoms with Crippen molar-refractivity contribution in [2.75, 3.05) is 13.2 Å². The van der Waals surface area contributed by atoms with Crippen LogP contribution in [-0.2, 0) is 40.4 Å². The van der Waals surface area contributed by atoms with Crippen LogP contribution in [0.2, 0.25) is 0 Å². The molecule has 2 N–H and O–H groups in total. The second-order valence-electron chi connectivity index (χ2n) is 18.2.